The van der Waals surface area contributed by atoms with Crippen LogP contribution in [-0.2, 0) is 0 Å². The Bertz CT molecular complexity index is 294. The number of nitrogens with two attached hydrogens (primary N) is 1. The van der Waals surface area contributed by atoms with E-state index in [0.717, 1.165) is 11.3 Å². The van der Waals surface area contributed by atoms with Gasteiger partial charge in [0.25, 0.3) is 6.43 Å². The van der Waals surface area contributed by atoms with Crippen LogP contribution in [0, 0.1) is 0 Å². The summed E-state index contributed by atoms with van der Waals surface area (Å²) in [6.07, 6.45) is -2.56. The monoisotopic (exact) mass is 222 g/mol. The number of rotatable bonds is 4. The van der Waals surface area contributed by atoms with Gasteiger partial charge in [-0.1, -0.05) is 11.3 Å². The summed E-state index contributed by atoms with van der Waals surface area (Å²) in [6.45, 7) is 4.12. The summed E-state index contributed by atoms with van der Waals surface area (Å²) in [7, 11) is 0. The van der Waals surface area contributed by atoms with Crippen molar-refractivity contribution in [3.63, 3.8) is 0 Å². The molecule has 3 N–H and O–H groups in total. The van der Waals surface area contributed by atoms with E-state index in [4.69, 9.17) is 5.73 Å². The topological polar surface area (TPSA) is 63.8 Å². The summed E-state index contributed by atoms with van der Waals surface area (Å²) in [4.78, 5) is 0. The lowest BCUT2D eigenvalue weighted by atomic mass is 10.1. The molecule has 14 heavy (non-hydrogen) atoms. The molecule has 0 amide bonds. The van der Waals surface area contributed by atoms with Crippen molar-refractivity contribution in [2.45, 2.75) is 25.8 Å². The lowest BCUT2D eigenvalue weighted by Gasteiger charge is -2.17. The van der Waals surface area contributed by atoms with Crippen LogP contribution in [0.25, 0.3) is 0 Å². The van der Waals surface area contributed by atoms with E-state index in [0.29, 0.717) is 11.7 Å². The minimum Gasteiger partial charge on any atom is -0.358 e. The Morgan fingerprint density at radius 3 is 2.57 bits per heavy atom. The first-order chi connectivity index (χ1) is 6.38. The fraction of sp³-hybridized carbons (Fsp3) is 0.714. The molecule has 0 saturated heterocycles. The Labute approximate surface area is 84.5 Å². The molecule has 0 fully saturated rings. The van der Waals surface area contributed by atoms with Gasteiger partial charge in [-0.15, -0.1) is 10.2 Å². The van der Waals surface area contributed by atoms with Gasteiger partial charge in [-0.25, -0.2) is 8.78 Å². The van der Waals surface area contributed by atoms with Gasteiger partial charge in [0, 0.05) is 12.1 Å². The van der Waals surface area contributed by atoms with Gasteiger partial charge in [-0.05, 0) is 13.8 Å². The number of nitrogens with one attached hydrogen (secondary N) is 1. The number of hydrogen-bond donors (Lipinski definition) is 2. The number of anilines is 1. The molecule has 0 aliphatic carbocycles. The molecular weight excluding hydrogens is 210 g/mol. The third-order valence-corrected chi connectivity index (χ3v) is 2.21. The van der Waals surface area contributed by atoms with Crippen molar-refractivity contribution >= 4 is 16.5 Å². The number of alkyl halides is 2. The molecule has 0 atom stereocenters. The zero-order valence-corrected chi connectivity index (χ0v) is 8.74. The van der Waals surface area contributed by atoms with Crippen molar-refractivity contribution < 1.29 is 8.78 Å². The second kappa shape index (κ2) is 4.14. The zero-order valence-electron chi connectivity index (χ0n) is 7.92. The Morgan fingerprint density at radius 1 is 1.50 bits per heavy atom. The van der Waals surface area contributed by atoms with Gasteiger partial charge >= 0.3 is 0 Å². The highest BCUT2D eigenvalue weighted by Crippen LogP contribution is 2.25. The molecule has 1 heterocycles. The number of hydrogen-bond acceptors (Lipinski definition) is 5. The van der Waals surface area contributed by atoms with Gasteiger partial charge in [0.1, 0.15) is 0 Å². The van der Waals surface area contributed by atoms with Crippen molar-refractivity contribution in [1.82, 2.24) is 10.2 Å². The van der Waals surface area contributed by atoms with Crippen LogP contribution in [0.2, 0.25) is 0 Å². The van der Waals surface area contributed by atoms with E-state index in [2.05, 4.69) is 15.5 Å². The van der Waals surface area contributed by atoms with Gasteiger partial charge in [0.05, 0.1) is 0 Å². The van der Waals surface area contributed by atoms with Crippen molar-refractivity contribution in [2.75, 3.05) is 11.9 Å². The Hall–Kier alpha value is -0.820. The van der Waals surface area contributed by atoms with Gasteiger partial charge in [0.2, 0.25) is 5.13 Å². The molecule has 0 aromatic carbocycles. The summed E-state index contributed by atoms with van der Waals surface area (Å²) < 4.78 is 24.2. The smallest absolute Gasteiger partial charge is 0.291 e. The summed E-state index contributed by atoms with van der Waals surface area (Å²) in [5.41, 5.74) is 5.29. The normalized spacial score (nSPS) is 12.1. The molecule has 0 radical (unpaired) electrons. The predicted molar refractivity (Wildman–Crippen MR) is 51.6 cm³/mol. The van der Waals surface area contributed by atoms with Crippen LogP contribution >= 0.6 is 11.3 Å². The van der Waals surface area contributed by atoms with Crippen LogP contribution < -0.4 is 11.1 Å². The maximum atomic E-state index is 12.1. The molecule has 1 aromatic rings. The van der Waals surface area contributed by atoms with E-state index in [1.165, 1.54) is 0 Å². The lowest BCUT2D eigenvalue weighted by molar-refractivity contribution is 0.150. The van der Waals surface area contributed by atoms with E-state index in [1.807, 2.05) is 13.8 Å². The molecule has 0 spiro atoms. The summed E-state index contributed by atoms with van der Waals surface area (Å²) >= 11 is 0.843. The molecule has 0 unspecified atom stereocenters. The Morgan fingerprint density at radius 2 is 2.14 bits per heavy atom. The predicted octanol–water partition coefficient (Wildman–Crippen LogP) is 1.62. The molecule has 4 nitrogen and oxygen atoms in total. The second-order valence-corrected chi connectivity index (χ2v) is 4.60. The first-order valence-corrected chi connectivity index (χ1v) is 4.84. The zero-order chi connectivity index (χ0) is 10.8. The third kappa shape index (κ3) is 3.51. The Kier molecular flexibility index (Phi) is 3.33. The van der Waals surface area contributed by atoms with Gasteiger partial charge in [0.15, 0.2) is 5.01 Å². The molecule has 0 aliphatic rings. The second-order valence-electron chi connectivity index (χ2n) is 3.59. The maximum absolute atomic E-state index is 12.1. The minimum atomic E-state index is -2.56. The van der Waals surface area contributed by atoms with Crippen LogP contribution in [-0.4, -0.2) is 22.3 Å². The van der Waals surface area contributed by atoms with Crippen LogP contribution in [0.4, 0.5) is 13.9 Å². The van der Waals surface area contributed by atoms with E-state index in [1.54, 1.807) is 0 Å². The Balaban J connectivity index is 2.52. The van der Waals surface area contributed by atoms with Crippen LogP contribution in [0.15, 0.2) is 0 Å². The fourth-order valence-corrected chi connectivity index (χ4v) is 1.29. The summed E-state index contributed by atoms with van der Waals surface area (Å²) in [5.74, 6) is 0. The molecule has 1 aromatic heterocycles. The SMILES string of the molecule is CC(C)(N)CNc1nnc(C(F)F)s1. The van der Waals surface area contributed by atoms with Gasteiger partial charge < -0.3 is 11.1 Å². The van der Waals surface area contributed by atoms with E-state index >= 15 is 0 Å². The average Bonchev–Trinajstić information content (AvgIpc) is 2.47. The van der Waals surface area contributed by atoms with E-state index < -0.39 is 12.0 Å². The minimum absolute atomic E-state index is 0.276. The third-order valence-electron chi connectivity index (χ3n) is 1.32. The molecule has 0 aliphatic heterocycles. The van der Waals surface area contributed by atoms with E-state index in [-0.39, 0.29) is 5.01 Å². The van der Waals surface area contributed by atoms with Crippen LogP contribution in [0.3, 0.4) is 0 Å². The van der Waals surface area contributed by atoms with Crippen LogP contribution in [0.5, 0.6) is 0 Å². The molecular formula is C7H12F2N4S. The maximum Gasteiger partial charge on any atom is 0.291 e. The van der Waals surface area contributed by atoms with Crippen LogP contribution in [0.1, 0.15) is 25.3 Å². The highest BCUT2D eigenvalue weighted by molar-refractivity contribution is 7.15. The van der Waals surface area contributed by atoms with Crippen molar-refractivity contribution in [3.05, 3.63) is 5.01 Å². The molecule has 1 rings (SSSR count). The van der Waals surface area contributed by atoms with Crippen molar-refractivity contribution in [1.29, 1.82) is 0 Å². The molecule has 0 saturated carbocycles. The quantitative estimate of drug-likeness (QED) is 0.812. The molecule has 0 bridgehead atoms. The number of halogens is 2. The van der Waals surface area contributed by atoms with Gasteiger partial charge in [-0.2, -0.15) is 0 Å². The first kappa shape index (κ1) is 11.3. The summed E-state index contributed by atoms with van der Waals surface area (Å²) in [5, 5.41) is 9.84. The van der Waals surface area contributed by atoms with E-state index in [9.17, 15) is 8.78 Å². The highest BCUT2D eigenvalue weighted by Gasteiger charge is 2.15. The standard InChI is InChI=1S/C7H12F2N4S/c1-7(2,10)3-11-6-13-12-5(14-6)4(8)9/h4H,3,10H2,1-2H3,(H,11,13). The molecule has 80 valence electrons. The average molecular weight is 222 g/mol. The highest BCUT2D eigenvalue weighted by atomic mass is 32.1. The molecule has 7 heteroatoms. The van der Waals surface area contributed by atoms with Gasteiger partial charge in [-0.3, -0.25) is 0 Å². The fourth-order valence-electron chi connectivity index (χ4n) is 0.698. The number of nitrogens with zero attached hydrogens (tertiary/aromatic N) is 2. The lowest BCUT2D eigenvalue weighted by Crippen LogP contribution is -2.39. The number of aromatic nitrogens is 2. The van der Waals surface area contributed by atoms with Crippen molar-refractivity contribution in [2.24, 2.45) is 5.73 Å². The summed E-state index contributed by atoms with van der Waals surface area (Å²) in [6, 6.07) is 0. The largest absolute Gasteiger partial charge is 0.358 e. The first-order valence-electron chi connectivity index (χ1n) is 4.03. The van der Waals surface area contributed by atoms with Crippen molar-refractivity contribution in [3.8, 4) is 0 Å².